The average Bonchev–Trinajstić information content (AvgIpc) is 2.38. The molecule has 1 unspecified atom stereocenters. The van der Waals surface area contributed by atoms with E-state index in [4.69, 9.17) is 0 Å². The molecule has 0 fully saturated rings. The molecule has 1 rings (SSSR count). The predicted molar refractivity (Wildman–Crippen MR) is 38.0 cm³/mol. The summed E-state index contributed by atoms with van der Waals surface area (Å²) in [6.45, 7) is 3.46. The molecule has 1 atom stereocenters. The van der Waals surface area contributed by atoms with Crippen LogP contribution in [0.25, 0.3) is 0 Å². The molecule has 0 aliphatic carbocycles. The summed E-state index contributed by atoms with van der Waals surface area (Å²) in [6.07, 6.45) is 2.99. The third kappa shape index (κ3) is 1.54. The van der Waals surface area contributed by atoms with Crippen LogP contribution in [0.5, 0.6) is 0 Å². The summed E-state index contributed by atoms with van der Waals surface area (Å²) >= 11 is 0. The minimum atomic E-state index is -1.08. The summed E-state index contributed by atoms with van der Waals surface area (Å²) in [7, 11) is -1.08. The zero-order valence-electron chi connectivity index (χ0n) is 5.32. The van der Waals surface area contributed by atoms with Crippen molar-refractivity contribution in [3.63, 3.8) is 0 Å². The van der Waals surface area contributed by atoms with Crippen molar-refractivity contribution in [1.29, 1.82) is 0 Å². The molecule has 0 radical (unpaired) electrons. The summed E-state index contributed by atoms with van der Waals surface area (Å²) in [6, 6.07) is 1.58. The second-order valence-corrected chi connectivity index (χ2v) is 3.08. The van der Waals surface area contributed by atoms with Crippen LogP contribution in [-0.4, -0.2) is 15.1 Å². The second-order valence-electron chi connectivity index (χ2n) is 1.64. The van der Waals surface area contributed by atoms with E-state index in [1.165, 1.54) is 6.26 Å². The number of rotatable bonds is 3. The van der Waals surface area contributed by atoms with Crippen molar-refractivity contribution in [1.82, 2.24) is 5.16 Å². The standard InChI is InChI=1S/C6H7NO2S/c1-2-5-10(8)6-3-4-9-7-6/h2-4H,1,5H2. The van der Waals surface area contributed by atoms with Gasteiger partial charge < -0.3 is 4.52 Å². The van der Waals surface area contributed by atoms with E-state index < -0.39 is 10.8 Å². The lowest BCUT2D eigenvalue weighted by Gasteiger charge is -1.87. The average molecular weight is 157 g/mol. The Bertz CT molecular complexity index is 230. The van der Waals surface area contributed by atoms with Crippen molar-refractivity contribution in [2.45, 2.75) is 5.03 Å². The van der Waals surface area contributed by atoms with Crippen LogP contribution in [0.2, 0.25) is 0 Å². The van der Waals surface area contributed by atoms with Gasteiger partial charge in [0.1, 0.15) is 6.26 Å². The minimum absolute atomic E-state index is 0.423. The van der Waals surface area contributed by atoms with Crippen LogP contribution in [0.3, 0.4) is 0 Å². The molecule has 1 aromatic rings. The molecule has 0 saturated heterocycles. The lowest BCUT2D eigenvalue weighted by atomic mass is 10.8. The molecule has 10 heavy (non-hydrogen) atoms. The SMILES string of the molecule is C=CCS(=O)c1ccon1. The molecule has 0 aliphatic rings. The molecule has 0 amide bonds. The fraction of sp³-hybridized carbons (Fsp3) is 0.167. The number of hydrogen-bond acceptors (Lipinski definition) is 3. The van der Waals surface area contributed by atoms with Crippen LogP contribution in [0, 0.1) is 0 Å². The Kier molecular flexibility index (Phi) is 2.39. The zero-order chi connectivity index (χ0) is 7.40. The maximum Gasteiger partial charge on any atom is 0.170 e. The Balaban J connectivity index is 2.68. The van der Waals surface area contributed by atoms with Crippen LogP contribution in [0.4, 0.5) is 0 Å². The first-order valence-corrected chi connectivity index (χ1v) is 4.06. The van der Waals surface area contributed by atoms with Gasteiger partial charge in [-0.25, -0.2) is 0 Å². The van der Waals surface area contributed by atoms with Gasteiger partial charge in [-0.3, -0.25) is 4.21 Å². The molecule has 0 bridgehead atoms. The van der Waals surface area contributed by atoms with E-state index in [-0.39, 0.29) is 0 Å². The summed E-state index contributed by atoms with van der Waals surface area (Å²) in [4.78, 5) is 0. The van der Waals surface area contributed by atoms with Gasteiger partial charge in [0.2, 0.25) is 0 Å². The molecule has 0 aliphatic heterocycles. The zero-order valence-corrected chi connectivity index (χ0v) is 6.13. The van der Waals surface area contributed by atoms with E-state index >= 15 is 0 Å². The van der Waals surface area contributed by atoms with Gasteiger partial charge in [0.05, 0.1) is 10.8 Å². The maximum atomic E-state index is 11.0. The highest BCUT2D eigenvalue weighted by Crippen LogP contribution is 2.01. The van der Waals surface area contributed by atoms with E-state index in [0.29, 0.717) is 10.8 Å². The minimum Gasteiger partial charge on any atom is -0.364 e. The molecule has 1 aromatic heterocycles. The van der Waals surface area contributed by atoms with Crippen molar-refractivity contribution < 1.29 is 8.73 Å². The fourth-order valence-corrected chi connectivity index (χ4v) is 1.23. The number of nitrogens with zero attached hydrogens (tertiary/aromatic N) is 1. The van der Waals surface area contributed by atoms with Crippen LogP contribution < -0.4 is 0 Å². The van der Waals surface area contributed by atoms with Crippen LogP contribution in [-0.2, 0) is 10.8 Å². The molecule has 3 nitrogen and oxygen atoms in total. The van der Waals surface area contributed by atoms with Crippen LogP contribution in [0.15, 0.2) is 34.5 Å². The molecule has 1 heterocycles. The number of aromatic nitrogens is 1. The molecule has 4 heteroatoms. The smallest absolute Gasteiger partial charge is 0.170 e. The van der Waals surface area contributed by atoms with Gasteiger partial charge in [-0.1, -0.05) is 11.2 Å². The third-order valence-corrected chi connectivity index (χ3v) is 2.13. The van der Waals surface area contributed by atoms with Crippen LogP contribution in [0.1, 0.15) is 0 Å². The first-order chi connectivity index (χ1) is 4.84. The highest BCUT2D eigenvalue weighted by Gasteiger charge is 2.02. The molecule has 0 aromatic carbocycles. The number of hydrogen-bond donors (Lipinski definition) is 0. The van der Waals surface area contributed by atoms with Gasteiger partial charge in [-0.05, 0) is 0 Å². The Labute approximate surface area is 61.2 Å². The summed E-state index contributed by atoms with van der Waals surface area (Å²) < 4.78 is 15.5. The van der Waals surface area contributed by atoms with Crippen molar-refractivity contribution >= 4 is 10.8 Å². The van der Waals surface area contributed by atoms with E-state index in [1.54, 1.807) is 12.1 Å². The Morgan fingerprint density at radius 2 is 2.70 bits per heavy atom. The normalized spacial score (nSPS) is 12.8. The van der Waals surface area contributed by atoms with Gasteiger partial charge in [0, 0.05) is 11.8 Å². The summed E-state index contributed by atoms with van der Waals surface area (Å²) in [5, 5.41) is 3.98. The van der Waals surface area contributed by atoms with E-state index in [1.807, 2.05) is 0 Å². The van der Waals surface area contributed by atoms with Crippen molar-refractivity contribution in [2.75, 3.05) is 5.75 Å². The summed E-state index contributed by atoms with van der Waals surface area (Å²) in [5.41, 5.74) is 0. The highest BCUT2D eigenvalue weighted by molar-refractivity contribution is 7.85. The van der Waals surface area contributed by atoms with Crippen molar-refractivity contribution in [3.05, 3.63) is 25.0 Å². The van der Waals surface area contributed by atoms with Gasteiger partial charge >= 0.3 is 0 Å². The lowest BCUT2D eigenvalue weighted by Crippen LogP contribution is -1.93. The highest BCUT2D eigenvalue weighted by atomic mass is 32.2. The molecule has 0 spiro atoms. The molecule has 0 saturated carbocycles. The third-order valence-electron chi connectivity index (χ3n) is 0.917. The van der Waals surface area contributed by atoms with E-state index in [9.17, 15) is 4.21 Å². The first-order valence-electron chi connectivity index (χ1n) is 2.74. The lowest BCUT2D eigenvalue weighted by molar-refractivity contribution is 0.403. The van der Waals surface area contributed by atoms with Gasteiger partial charge in [0.15, 0.2) is 5.03 Å². The second kappa shape index (κ2) is 3.31. The van der Waals surface area contributed by atoms with Gasteiger partial charge in [-0.2, -0.15) is 0 Å². The molecule has 54 valence electrons. The fourth-order valence-electron chi connectivity index (χ4n) is 0.511. The van der Waals surface area contributed by atoms with Crippen molar-refractivity contribution in [3.8, 4) is 0 Å². The van der Waals surface area contributed by atoms with Crippen LogP contribution >= 0.6 is 0 Å². The molecular weight excluding hydrogens is 150 g/mol. The largest absolute Gasteiger partial charge is 0.364 e. The quantitative estimate of drug-likeness (QED) is 0.614. The van der Waals surface area contributed by atoms with E-state index in [0.717, 1.165) is 0 Å². The predicted octanol–water partition coefficient (Wildman–Crippen LogP) is 0.968. The Morgan fingerprint density at radius 1 is 1.90 bits per heavy atom. The van der Waals surface area contributed by atoms with Gasteiger partial charge in [-0.15, -0.1) is 6.58 Å². The van der Waals surface area contributed by atoms with Crippen molar-refractivity contribution in [2.24, 2.45) is 0 Å². The maximum absolute atomic E-state index is 11.0. The van der Waals surface area contributed by atoms with E-state index in [2.05, 4.69) is 16.3 Å². The monoisotopic (exact) mass is 157 g/mol. The summed E-state index contributed by atoms with van der Waals surface area (Å²) in [5.74, 6) is 0.423. The molecular formula is C6H7NO2S. The van der Waals surface area contributed by atoms with Gasteiger partial charge in [0.25, 0.3) is 0 Å². The topological polar surface area (TPSA) is 43.1 Å². The Hall–Kier alpha value is -0.900. The Morgan fingerprint density at radius 3 is 3.20 bits per heavy atom. The first kappa shape index (κ1) is 7.21. The molecule has 0 N–H and O–H groups in total.